The van der Waals surface area contributed by atoms with Crippen molar-refractivity contribution in [3.8, 4) is 0 Å². The maximum atomic E-state index is 12.4. The van der Waals surface area contributed by atoms with Crippen LogP contribution in [0.1, 0.15) is 29.5 Å². The number of allylic oxidation sites excluding steroid dienone is 3. The van der Waals surface area contributed by atoms with Crippen LogP contribution in [0.15, 0.2) is 76.3 Å². The Morgan fingerprint density at radius 2 is 1.58 bits per heavy atom. The van der Waals surface area contributed by atoms with Crippen molar-refractivity contribution in [1.82, 2.24) is 4.83 Å². The molecule has 0 heterocycles. The fraction of sp³-hybridized carbons (Fsp3) is 0.190. The lowest BCUT2D eigenvalue weighted by Gasteiger charge is -2.13. The second-order valence-electron chi connectivity index (χ2n) is 6.42. The normalized spacial score (nSPS) is 17.6. The average Bonchev–Trinajstić information content (AvgIpc) is 2.63. The van der Waals surface area contributed by atoms with E-state index in [9.17, 15) is 8.42 Å². The van der Waals surface area contributed by atoms with Crippen molar-refractivity contribution in [3.63, 3.8) is 0 Å². The summed E-state index contributed by atoms with van der Waals surface area (Å²) >= 11 is 0. The SMILES string of the molecule is Cc1ccc(/C=C2\C=CCC\C2=N/NS(=O)(=O)c2ccc(C)cc2)cc1. The first kappa shape index (κ1) is 18.1. The van der Waals surface area contributed by atoms with Crippen molar-refractivity contribution in [2.45, 2.75) is 31.6 Å². The fourth-order valence-electron chi connectivity index (χ4n) is 2.65. The molecule has 1 N–H and O–H groups in total. The van der Waals surface area contributed by atoms with Crippen molar-refractivity contribution in [2.75, 3.05) is 0 Å². The minimum atomic E-state index is -3.67. The molecule has 2 aromatic carbocycles. The molecule has 0 atom stereocenters. The number of hydrogen-bond donors (Lipinski definition) is 1. The van der Waals surface area contributed by atoms with Gasteiger partial charge in [-0.15, -0.1) is 0 Å². The van der Waals surface area contributed by atoms with Crippen molar-refractivity contribution in [1.29, 1.82) is 0 Å². The van der Waals surface area contributed by atoms with Crippen molar-refractivity contribution in [3.05, 3.63) is 82.9 Å². The van der Waals surface area contributed by atoms with E-state index < -0.39 is 10.0 Å². The van der Waals surface area contributed by atoms with Gasteiger partial charge in [0.15, 0.2) is 0 Å². The van der Waals surface area contributed by atoms with Gasteiger partial charge in [0.1, 0.15) is 0 Å². The van der Waals surface area contributed by atoms with Gasteiger partial charge in [-0.25, -0.2) is 0 Å². The summed E-state index contributed by atoms with van der Waals surface area (Å²) in [6.07, 6.45) is 7.63. The van der Waals surface area contributed by atoms with Gasteiger partial charge in [0.2, 0.25) is 0 Å². The molecule has 0 fully saturated rings. The lowest BCUT2D eigenvalue weighted by atomic mass is 9.97. The zero-order chi connectivity index (χ0) is 18.6. The van der Waals surface area contributed by atoms with E-state index >= 15 is 0 Å². The minimum absolute atomic E-state index is 0.211. The van der Waals surface area contributed by atoms with E-state index in [0.29, 0.717) is 6.42 Å². The quantitative estimate of drug-likeness (QED) is 0.817. The second kappa shape index (κ2) is 7.70. The molecule has 0 bridgehead atoms. The number of hydrazone groups is 1. The molecule has 0 amide bonds. The third-order valence-electron chi connectivity index (χ3n) is 4.21. The number of hydrogen-bond acceptors (Lipinski definition) is 3. The van der Waals surface area contributed by atoms with E-state index in [1.54, 1.807) is 24.3 Å². The Kier molecular flexibility index (Phi) is 5.38. The molecule has 0 unspecified atom stereocenters. The standard InChI is InChI=1S/C21H22N2O2S/c1-16-7-11-18(12-8-16)15-19-5-3-4-6-21(19)22-23-26(24,25)20-13-9-17(2)10-14-20/h3,5,7-15,23H,4,6H2,1-2H3/b19-15+,22-21+. The van der Waals surface area contributed by atoms with Crippen LogP contribution in [0.2, 0.25) is 0 Å². The van der Waals surface area contributed by atoms with Crippen molar-refractivity contribution < 1.29 is 8.42 Å². The Balaban J connectivity index is 1.85. The highest BCUT2D eigenvalue weighted by Crippen LogP contribution is 2.18. The Morgan fingerprint density at radius 3 is 2.23 bits per heavy atom. The van der Waals surface area contributed by atoms with Crippen LogP contribution in [0.25, 0.3) is 6.08 Å². The molecule has 26 heavy (non-hydrogen) atoms. The first-order chi connectivity index (χ1) is 12.4. The topological polar surface area (TPSA) is 58.5 Å². The molecule has 1 aliphatic carbocycles. The number of sulfonamides is 1. The smallest absolute Gasteiger partial charge is 0.200 e. The van der Waals surface area contributed by atoms with E-state index in [4.69, 9.17) is 0 Å². The predicted molar refractivity (Wildman–Crippen MR) is 106 cm³/mol. The van der Waals surface area contributed by atoms with Crippen LogP contribution < -0.4 is 4.83 Å². The molecule has 0 aliphatic heterocycles. The average molecular weight is 366 g/mol. The summed E-state index contributed by atoms with van der Waals surface area (Å²) in [4.78, 5) is 2.59. The molecule has 3 rings (SSSR count). The van der Waals surface area contributed by atoms with Crippen molar-refractivity contribution in [2.24, 2.45) is 5.10 Å². The van der Waals surface area contributed by atoms with Gasteiger partial charge in [-0.1, -0.05) is 59.7 Å². The molecule has 1 aliphatic rings. The third kappa shape index (κ3) is 4.49. The summed E-state index contributed by atoms with van der Waals surface area (Å²) < 4.78 is 24.9. The van der Waals surface area contributed by atoms with Crippen LogP contribution in [0.3, 0.4) is 0 Å². The highest BCUT2D eigenvalue weighted by atomic mass is 32.2. The number of benzene rings is 2. The van der Waals surface area contributed by atoms with E-state index in [0.717, 1.165) is 28.8 Å². The Hall–Kier alpha value is -2.66. The molecular weight excluding hydrogens is 344 g/mol. The lowest BCUT2D eigenvalue weighted by Crippen LogP contribution is -2.21. The predicted octanol–water partition coefficient (Wildman–Crippen LogP) is 4.37. The van der Waals surface area contributed by atoms with Crippen LogP contribution in [0.4, 0.5) is 0 Å². The third-order valence-corrected chi connectivity index (χ3v) is 5.43. The summed E-state index contributed by atoms with van der Waals surface area (Å²) in [5.74, 6) is 0. The Morgan fingerprint density at radius 1 is 0.962 bits per heavy atom. The first-order valence-corrected chi connectivity index (χ1v) is 10.0. The van der Waals surface area contributed by atoms with Crippen LogP contribution >= 0.6 is 0 Å². The summed E-state index contributed by atoms with van der Waals surface area (Å²) in [6.45, 7) is 3.96. The summed E-state index contributed by atoms with van der Waals surface area (Å²) in [5, 5.41) is 4.21. The number of nitrogens with zero attached hydrogens (tertiary/aromatic N) is 1. The van der Waals surface area contributed by atoms with Crippen LogP contribution in [-0.4, -0.2) is 14.1 Å². The number of rotatable bonds is 4. The summed E-state index contributed by atoms with van der Waals surface area (Å²) in [5.41, 5.74) is 4.93. The van der Waals surface area contributed by atoms with Gasteiger partial charge in [0, 0.05) is 0 Å². The largest absolute Gasteiger partial charge is 0.276 e. The highest BCUT2D eigenvalue weighted by Gasteiger charge is 2.15. The van der Waals surface area contributed by atoms with Crippen LogP contribution in [-0.2, 0) is 10.0 Å². The molecule has 0 saturated heterocycles. The van der Waals surface area contributed by atoms with Gasteiger partial charge in [0.05, 0.1) is 10.6 Å². The van der Waals surface area contributed by atoms with E-state index in [1.165, 1.54) is 5.56 Å². The van der Waals surface area contributed by atoms with Gasteiger partial charge in [-0.3, -0.25) is 0 Å². The van der Waals surface area contributed by atoms with Gasteiger partial charge < -0.3 is 0 Å². The zero-order valence-electron chi connectivity index (χ0n) is 14.9. The molecule has 0 aromatic heterocycles. The summed E-state index contributed by atoms with van der Waals surface area (Å²) in [7, 11) is -3.67. The lowest BCUT2D eigenvalue weighted by molar-refractivity contribution is 0.584. The second-order valence-corrected chi connectivity index (χ2v) is 8.08. The molecule has 134 valence electrons. The van der Waals surface area contributed by atoms with Crippen LogP contribution in [0, 0.1) is 13.8 Å². The van der Waals surface area contributed by atoms with Gasteiger partial charge in [-0.05, 0) is 56.0 Å². The molecule has 0 saturated carbocycles. The highest BCUT2D eigenvalue weighted by molar-refractivity contribution is 7.89. The molecule has 0 radical (unpaired) electrons. The molecule has 2 aromatic rings. The molecule has 0 spiro atoms. The van der Waals surface area contributed by atoms with Gasteiger partial charge in [-0.2, -0.15) is 18.4 Å². The maximum Gasteiger partial charge on any atom is 0.276 e. The van der Waals surface area contributed by atoms with Gasteiger partial charge >= 0.3 is 0 Å². The van der Waals surface area contributed by atoms with Crippen LogP contribution in [0.5, 0.6) is 0 Å². The van der Waals surface area contributed by atoms with E-state index in [-0.39, 0.29) is 4.90 Å². The number of nitrogens with one attached hydrogen (secondary N) is 1. The minimum Gasteiger partial charge on any atom is -0.200 e. The first-order valence-electron chi connectivity index (χ1n) is 8.54. The Labute approximate surface area is 155 Å². The molecule has 4 nitrogen and oxygen atoms in total. The molecular formula is C21H22N2O2S. The fourth-order valence-corrected chi connectivity index (χ4v) is 3.48. The van der Waals surface area contributed by atoms with Crippen molar-refractivity contribution >= 4 is 21.8 Å². The Bertz CT molecular complexity index is 968. The molecule has 5 heteroatoms. The maximum absolute atomic E-state index is 12.4. The van der Waals surface area contributed by atoms with E-state index in [2.05, 4.69) is 28.1 Å². The van der Waals surface area contributed by atoms with E-state index in [1.807, 2.05) is 38.1 Å². The zero-order valence-corrected chi connectivity index (χ0v) is 15.8. The number of aryl methyl sites for hydroxylation is 2. The van der Waals surface area contributed by atoms with Gasteiger partial charge in [0.25, 0.3) is 10.0 Å². The monoisotopic (exact) mass is 366 g/mol. The summed E-state index contributed by atoms with van der Waals surface area (Å²) in [6, 6.07) is 14.9.